The smallest absolute Gasteiger partial charge is 0.307 e. The molecule has 1 aliphatic rings. The zero-order valence-electron chi connectivity index (χ0n) is 16.4. The Bertz CT molecular complexity index is 931. The molecule has 1 aromatic carbocycles. The molecule has 0 saturated carbocycles. The molecule has 0 saturated heterocycles. The van der Waals surface area contributed by atoms with Crippen LogP contribution in [-0.4, -0.2) is 33.1 Å². The van der Waals surface area contributed by atoms with Gasteiger partial charge in [-0.15, -0.1) is 11.8 Å². The minimum atomic E-state index is -0.953. The normalized spacial score (nSPS) is 19.0. The third-order valence-electron chi connectivity index (χ3n) is 4.84. The highest BCUT2D eigenvalue weighted by Gasteiger charge is 2.33. The van der Waals surface area contributed by atoms with Crippen LogP contribution in [0.25, 0.3) is 0 Å². The summed E-state index contributed by atoms with van der Waals surface area (Å²) in [5.74, 6) is -2.65. The molecule has 0 fully saturated rings. The van der Waals surface area contributed by atoms with E-state index in [2.05, 4.69) is 15.6 Å². The number of rotatable bonds is 7. The fourth-order valence-electron chi connectivity index (χ4n) is 3.17. The van der Waals surface area contributed by atoms with Crippen molar-refractivity contribution in [1.82, 2.24) is 4.98 Å². The van der Waals surface area contributed by atoms with Gasteiger partial charge >= 0.3 is 5.97 Å². The standard InChI is InChI=1S/C22H23N3O4S/c1-14(20(26)24-16-10-12-23-13-11-16)30-17-8-6-15(7-9-17)25-21(27)18-4-2-3-5-19(18)22(28)29/h2-3,6-14,18-19H,4-5H2,1H3,(H,25,27)(H,28,29)(H,23,24,26). The van der Waals surface area contributed by atoms with Gasteiger partial charge in [-0.25, -0.2) is 0 Å². The highest BCUT2D eigenvalue weighted by atomic mass is 32.2. The van der Waals surface area contributed by atoms with E-state index in [1.807, 2.05) is 25.1 Å². The van der Waals surface area contributed by atoms with Crippen molar-refractivity contribution in [1.29, 1.82) is 0 Å². The lowest BCUT2D eigenvalue weighted by molar-refractivity contribution is -0.146. The molecular formula is C22H23N3O4S. The van der Waals surface area contributed by atoms with Crippen LogP contribution < -0.4 is 10.6 Å². The highest BCUT2D eigenvalue weighted by molar-refractivity contribution is 8.00. The van der Waals surface area contributed by atoms with Gasteiger partial charge in [-0.05, 0) is 56.2 Å². The van der Waals surface area contributed by atoms with Gasteiger partial charge in [0.15, 0.2) is 0 Å². The van der Waals surface area contributed by atoms with E-state index in [1.165, 1.54) is 11.8 Å². The Kier molecular flexibility index (Phi) is 7.24. The van der Waals surface area contributed by atoms with E-state index < -0.39 is 17.8 Å². The van der Waals surface area contributed by atoms with Crippen LogP contribution in [0.4, 0.5) is 11.4 Å². The van der Waals surface area contributed by atoms with Crippen LogP contribution in [0, 0.1) is 11.8 Å². The number of benzene rings is 1. The van der Waals surface area contributed by atoms with Gasteiger partial charge in [0, 0.05) is 28.7 Å². The number of aromatic nitrogens is 1. The number of nitrogens with zero attached hydrogens (tertiary/aromatic N) is 1. The second kappa shape index (κ2) is 10.1. The zero-order valence-corrected chi connectivity index (χ0v) is 17.3. The van der Waals surface area contributed by atoms with Crippen LogP contribution in [0.5, 0.6) is 0 Å². The molecule has 2 amide bonds. The van der Waals surface area contributed by atoms with Gasteiger partial charge in [-0.3, -0.25) is 19.4 Å². The largest absolute Gasteiger partial charge is 0.481 e. The molecule has 1 heterocycles. The number of hydrogen-bond acceptors (Lipinski definition) is 5. The topological polar surface area (TPSA) is 108 Å². The Morgan fingerprint density at radius 3 is 2.20 bits per heavy atom. The summed E-state index contributed by atoms with van der Waals surface area (Å²) in [5, 5.41) is 14.7. The molecule has 30 heavy (non-hydrogen) atoms. The van der Waals surface area contributed by atoms with Crippen LogP contribution in [0.2, 0.25) is 0 Å². The number of hydrogen-bond donors (Lipinski definition) is 3. The number of pyridine rings is 1. The summed E-state index contributed by atoms with van der Waals surface area (Å²) in [6.07, 6.45) is 7.66. The van der Waals surface area contributed by atoms with Crippen LogP contribution in [0.3, 0.4) is 0 Å². The molecule has 7 nitrogen and oxygen atoms in total. The van der Waals surface area contributed by atoms with Crippen LogP contribution in [0.15, 0.2) is 65.8 Å². The number of thioether (sulfide) groups is 1. The minimum Gasteiger partial charge on any atom is -0.481 e. The molecule has 3 N–H and O–H groups in total. The number of amides is 2. The van der Waals surface area contributed by atoms with E-state index in [0.717, 1.165) is 4.90 Å². The lowest BCUT2D eigenvalue weighted by Gasteiger charge is -2.24. The van der Waals surface area contributed by atoms with E-state index in [0.29, 0.717) is 24.2 Å². The van der Waals surface area contributed by atoms with E-state index in [4.69, 9.17) is 0 Å². The predicted molar refractivity (Wildman–Crippen MR) is 116 cm³/mol. The fourth-order valence-corrected chi connectivity index (χ4v) is 4.03. The van der Waals surface area contributed by atoms with Crippen molar-refractivity contribution in [3.05, 3.63) is 60.9 Å². The third kappa shape index (κ3) is 5.70. The van der Waals surface area contributed by atoms with Crippen LogP contribution in [-0.2, 0) is 14.4 Å². The van der Waals surface area contributed by atoms with Crippen molar-refractivity contribution in [2.45, 2.75) is 29.9 Å². The average Bonchev–Trinajstić information content (AvgIpc) is 2.75. The second-order valence-corrected chi connectivity index (χ2v) is 8.41. The number of carbonyl (C=O) groups excluding carboxylic acids is 2. The SMILES string of the molecule is CC(Sc1ccc(NC(=O)C2CC=CCC2C(=O)O)cc1)C(=O)Nc1ccncc1. The molecule has 1 aromatic heterocycles. The first kappa shape index (κ1) is 21.6. The number of allylic oxidation sites excluding steroid dienone is 2. The summed E-state index contributed by atoms with van der Waals surface area (Å²) in [6, 6.07) is 10.6. The fraction of sp³-hybridized carbons (Fsp3) is 0.273. The zero-order chi connectivity index (χ0) is 21.5. The number of carbonyl (C=O) groups is 3. The van der Waals surface area contributed by atoms with E-state index >= 15 is 0 Å². The molecule has 3 unspecified atom stereocenters. The van der Waals surface area contributed by atoms with Gasteiger partial charge in [-0.2, -0.15) is 0 Å². The maximum atomic E-state index is 12.5. The van der Waals surface area contributed by atoms with Crippen molar-refractivity contribution in [3.8, 4) is 0 Å². The molecule has 3 rings (SSSR count). The molecule has 0 spiro atoms. The Labute approximate surface area is 179 Å². The van der Waals surface area contributed by atoms with Crippen molar-refractivity contribution < 1.29 is 19.5 Å². The van der Waals surface area contributed by atoms with Gasteiger partial charge in [0.1, 0.15) is 0 Å². The summed E-state index contributed by atoms with van der Waals surface area (Å²) in [7, 11) is 0. The monoisotopic (exact) mass is 425 g/mol. The van der Waals surface area contributed by atoms with E-state index in [9.17, 15) is 19.5 Å². The van der Waals surface area contributed by atoms with Crippen molar-refractivity contribution in [2.24, 2.45) is 11.8 Å². The van der Waals surface area contributed by atoms with Crippen LogP contribution >= 0.6 is 11.8 Å². The summed E-state index contributed by atoms with van der Waals surface area (Å²) < 4.78 is 0. The molecular weight excluding hydrogens is 402 g/mol. The van der Waals surface area contributed by atoms with Gasteiger partial charge in [0.2, 0.25) is 11.8 Å². The lowest BCUT2D eigenvalue weighted by atomic mass is 9.82. The Morgan fingerprint density at radius 1 is 0.967 bits per heavy atom. The van der Waals surface area contributed by atoms with Crippen LogP contribution in [0.1, 0.15) is 19.8 Å². The number of carboxylic acids is 1. The van der Waals surface area contributed by atoms with Crippen molar-refractivity contribution in [3.63, 3.8) is 0 Å². The molecule has 8 heteroatoms. The molecule has 1 aliphatic carbocycles. The number of aliphatic carboxylic acids is 1. The molecule has 156 valence electrons. The first-order chi connectivity index (χ1) is 14.4. The number of anilines is 2. The lowest BCUT2D eigenvalue weighted by Crippen LogP contribution is -2.34. The van der Waals surface area contributed by atoms with Crippen molar-refractivity contribution in [2.75, 3.05) is 10.6 Å². The summed E-state index contributed by atoms with van der Waals surface area (Å²) in [6.45, 7) is 1.82. The first-order valence-corrected chi connectivity index (χ1v) is 10.5. The van der Waals surface area contributed by atoms with E-state index in [-0.39, 0.29) is 17.1 Å². The van der Waals surface area contributed by atoms with E-state index in [1.54, 1.807) is 42.7 Å². The highest BCUT2D eigenvalue weighted by Crippen LogP contribution is 2.29. The van der Waals surface area contributed by atoms with Gasteiger partial charge in [0.25, 0.3) is 0 Å². The number of nitrogens with one attached hydrogen (secondary N) is 2. The Morgan fingerprint density at radius 2 is 1.57 bits per heavy atom. The van der Waals surface area contributed by atoms with Crippen molar-refractivity contribution >= 4 is 40.9 Å². The van der Waals surface area contributed by atoms with Gasteiger partial charge < -0.3 is 15.7 Å². The quantitative estimate of drug-likeness (QED) is 0.460. The Hall–Kier alpha value is -3.13. The average molecular weight is 426 g/mol. The summed E-state index contributed by atoms with van der Waals surface area (Å²) in [5.41, 5.74) is 1.29. The maximum Gasteiger partial charge on any atom is 0.307 e. The summed E-state index contributed by atoms with van der Waals surface area (Å²) >= 11 is 1.40. The summed E-state index contributed by atoms with van der Waals surface area (Å²) in [4.78, 5) is 41.1. The molecule has 0 bridgehead atoms. The van der Waals surface area contributed by atoms with Gasteiger partial charge in [0.05, 0.1) is 17.1 Å². The maximum absolute atomic E-state index is 12.5. The molecule has 0 aliphatic heterocycles. The third-order valence-corrected chi connectivity index (χ3v) is 5.95. The van der Waals surface area contributed by atoms with Gasteiger partial charge in [-0.1, -0.05) is 12.2 Å². The first-order valence-electron chi connectivity index (χ1n) is 9.60. The predicted octanol–water partition coefficient (Wildman–Crippen LogP) is 3.81. The minimum absolute atomic E-state index is 0.117. The Balaban J connectivity index is 1.55. The molecule has 0 radical (unpaired) electrons. The molecule has 3 atom stereocenters. The molecule has 2 aromatic rings. The number of carboxylic acid groups (broad SMARTS) is 1. The second-order valence-electron chi connectivity index (χ2n) is 6.99.